The molecule has 3 aromatic rings. The van der Waals surface area contributed by atoms with Crippen LogP contribution in [0.1, 0.15) is 29.4 Å². The summed E-state index contributed by atoms with van der Waals surface area (Å²) in [5.41, 5.74) is 3.12. The highest BCUT2D eigenvalue weighted by molar-refractivity contribution is 7.92. The summed E-state index contributed by atoms with van der Waals surface area (Å²) in [5, 5.41) is 4.53. The SMILES string of the molecule is CCCCS(=O)(=O)Nc1ccsc1C(=O)Nc1ccc(-c2ccccc2)cc1. The molecule has 146 valence electrons. The van der Waals surface area contributed by atoms with Gasteiger partial charge in [-0.2, -0.15) is 0 Å². The molecular weight excluding hydrogens is 392 g/mol. The molecule has 28 heavy (non-hydrogen) atoms. The first-order valence-corrected chi connectivity index (χ1v) is 11.6. The van der Waals surface area contributed by atoms with Crippen LogP contribution in [0.2, 0.25) is 0 Å². The molecule has 5 nitrogen and oxygen atoms in total. The number of carbonyl (C=O) groups excluding carboxylic acids is 1. The van der Waals surface area contributed by atoms with Gasteiger partial charge in [-0.05, 0) is 41.1 Å². The van der Waals surface area contributed by atoms with Gasteiger partial charge in [0.05, 0.1) is 11.4 Å². The van der Waals surface area contributed by atoms with Crippen molar-refractivity contribution >= 4 is 38.6 Å². The molecule has 0 saturated carbocycles. The summed E-state index contributed by atoms with van der Waals surface area (Å²) in [6.07, 6.45) is 1.37. The molecule has 0 spiro atoms. The Morgan fingerprint density at radius 1 is 0.964 bits per heavy atom. The number of anilines is 2. The van der Waals surface area contributed by atoms with Crippen LogP contribution in [0.4, 0.5) is 11.4 Å². The lowest BCUT2D eigenvalue weighted by molar-refractivity contribution is 0.103. The molecule has 0 aliphatic carbocycles. The Hall–Kier alpha value is -2.64. The van der Waals surface area contributed by atoms with Crippen molar-refractivity contribution in [1.29, 1.82) is 0 Å². The molecule has 0 aliphatic rings. The molecule has 7 heteroatoms. The largest absolute Gasteiger partial charge is 0.321 e. The van der Waals surface area contributed by atoms with Crippen LogP contribution < -0.4 is 10.0 Å². The number of rotatable bonds is 8. The summed E-state index contributed by atoms with van der Waals surface area (Å²) in [5.74, 6) is -0.294. The van der Waals surface area contributed by atoms with E-state index in [1.807, 2.05) is 61.5 Å². The monoisotopic (exact) mass is 414 g/mol. The topological polar surface area (TPSA) is 75.3 Å². The Morgan fingerprint density at radius 3 is 2.32 bits per heavy atom. The summed E-state index contributed by atoms with van der Waals surface area (Å²) >= 11 is 1.20. The molecule has 1 amide bonds. The lowest BCUT2D eigenvalue weighted by Crippen LogP contribution is -2.19. The highest BCUT2D eigenvalue weighted by Crippen LogP contribution is 2.26. The number of carbonyl (C=O) groups is 1. The highest BCUT2D eigenvalue weighted by Gasteiger charge is 2.18. The van der Waals surface area contributed by atoms with Crippen LogP contribution in [0, 0.1) is 0 Å². The molecule has 0 saturated heterocycles. The highest BCUT2D eigenvalue weighted by atomic mass is 32.2. The predicted molar refractivity (Wildman–Crippen MR) is 116 cm³/mol. The van der Waals surface area contributed by atoms with Gasteiger partial charge in [0, 0.05) is 5.69 Å². The van der Waals surface area contributed by atoms with Gasteiger partial charge >= 0.3 is 0 Å². The third kappa shape index (κ3) is 5.21. The Balaban J connectivity index is 1.70. The molecule has 0 atom stereocenters. The summed E-state index contributed by atoms with van der Waals surface area (Å²) < 4.78 is 26.8. The summed E-state index contributed by atoms with van der Waals surface area (Å²) in [4.78, 5) is 13.0. The molecule has 0 aliphatic heterocycles. The van der Waals surface area contributed by atoms with E-state index in [1.54, 1.807) is 11.4 Å². The Bertz CT molecular complexity index is 1030. The van der Waals surface area contributed by atoms with E-state index in [1.165, 1.54) is 11.3 Å². The lowest BCUT2D eigenvalue weighted by atomic mass is 10.1. The minimum atomic E-state index is -3.46. The van der Waals surface area contributed by atoms with Crippen molar-refractivity contribution in [3.05, 3.63) is 70.9 Å². The van der Waals surface area contributed by atoms with Gasteiger partial charge in [0.25, 0.3) is 5.91 Å². The van der Waals surface area contributed by atoms with Crippen molar-refractivity contribution in [3.63, 3.8) is 0 Å². The van der Waals surface area contributed by atoms with Crippen molar-refractivity contribution in [2.75, 3.05) is 15.8 Å². The van der Waals surface area contributed by atoms with Gasteiger partial charge in [0.2, 0.25) is 10.0 Å². The maximum atomic E-state index is 12.6. The number of nitrogens with one attached hydrogen (secondary N) is 2. The number of sulfonamides is 1. The molecule has 3 rings (SSSR count). The summed E-state index contributed by atoms with van der Waals surface area (Å²) in [6.45, 7) is 1.93. The minimum absolute atomic E-state index is 0.0430. The van der Waals surface area contributed by atoms with Crippen molar-refractivity contribution in [3.8, 4) is 11.1 Å². The van der Waals surface area contributed by atoms with Gasteiger partial charge in [-0.15, -0.1) is 11.3 Å². The number of unbranched alkanes of at least 4 members (excludes halogenated alkanes) is 1. The molecular formula is C21H22N2O3S2. The van der Waals surface area contributed by atoms with Gasteiger partial charge in [-0.1, -0.05) is 55.8 Å². The van der Waals surface area contributed by atoms with E-state index in [9.17, 15) is 13.2 Å². The van der Waals surface area contributed by atoms with Crippen molar-refractivity contribution in [1.82, 2.24) is 0 Å². The normalized spacial score (nSPS) is 11.2. The zero-order valence-corrected chi connectivity index (χ0v) is 17.1. The quantitative estimate of drug-likeness (QED) is 0.531. The first-order valence-electron chi connectivity index (χ1n) is 9.03. The second kappa shape index (κ2) is 9.03. The molecule has 0 unspecified atom stereocenters. The Morgan fingerprint density at radius 2 is 1.64 bits per heavy atom. The number of hydrogen-bond acceptors (Lipinski definition) is 4. The standard InChI is InChI=1S/C21H22N2O3S2/c1-2-3-15-28(25,26)23-19-13-14-27-20(19)21(24)22-18-11-9-17(10-12-18)16-7-5-4-6-8-16/h4-14,23H,2-3,15H2,1H3,(H,22,24). The number of benzene rings is 2. The predicted octanol–water partition coefficient (Wildman–Crippen LogP) is 5.21. The van der Waals surface area contributed by atoms with Crippen LogP contribution in [-0.4, -0.2) is 20.1 Å². The van der Waals surface area contributed by atoms with Crippen molar-refractivity contribution in [2.45, 2.75) is 19.8 Å². The smallest absolute Gasteiger partial charge is 0.267 e. The van der Waals surface area contributed by atoms with Crippen LogP contribution in [-0.2, 0) is 10.0 Å². The van der Waals surface area contributed by atoms with Crippen molar-refractivity contribution < 1.29 is 13.2 Å². The van der Waals surface area contributed by atoms with Gasteiger partial charge in [-0.3, -0.25) is 9.52 Å². The Labute approximate surface area is 169 Å². The molecule has 0 radical (unpaired) electrons. The van der Waals surface area contributed by atoms with E-state index in [0.717, 1.165) is 17.5 Å². The van der Waals surface area contributed by atoms with Crippen molar-refractivity contribution in [2.24, 2.45) is 0 Å². The third-order valence-electron chi connectivity index (χ3n) is 4.15. The lowest BCUT2D eigenvalue weighted by Gasteiger charge is -2.10. The Kier molecular flexibility index (Phi) is 6.49. The molecule has 2 aromatic carbocycles. The van der Waals surface area contributed by atoms with Crippen LogP contribution >= 0.6 is 11.3 Å². The van der Waals surface area contributed by atoms with Crippen LogP contribution in [0.3, 0.4) is 0 Å². The number of thiophene rings is 1. The first-order chi connectivity index (χ1) is 13.5. The average Bonchev–Trinajstić information content (AvgIpc) is 3.15. The number of amides is 1. The van der Waals surface area contributed by atoms with Crippen LogP contribution in [0.15, 0.2) is 66.0 Å². The van der Waals surface area contributed by atoms with Crippen LogP contribution in [0.25, 0.3) is 11.1 Å². The average molecular weight is 415 g/mol. The summed E-state index contributed by atoms with van der Waals surface area (Å²) in [7, 11) is -3.46. The zero-order valence-electron chi connectivity index (χ0n) is 15.5. The summed E-state index contributed by atoms with van der Waals surface area (Å²) in [6, 6.07) is 19.1. The first kappa shape index (κ1) is 20.1. The van der Waals surface area contributed by atoms with Gasteiger partial charge in [-0.25, -0.2) is 8.42 Å². The van der Waals surface area contributed by atoms with Gasteiger partial charge in [0.1, 0.15) is 4.88 Å². The number of hydrogen-bond donors (Lipinski definition) is 2. The maximum Gasteiger partial charge on any atom is 0.267 e. The fourth-order valence-electron chi connectivity index (χ4n) is 2.68. The minimum Gasteiger partial charge on any atom is -0.321 e. The van der Waals surface area contributed by atoms with E-state index >= 15 is 0 Å². The molecule has 1 aromatic heterocycles. The third-order valence-corrected chi connectivity index (χ3v) is 6.42. The van der Waals surface area contributed by atoms with E-state index < -0.39 is 10.0 Å². The maximum absolute atomic E-state index is 12.6. The fourth-order valence-corrected chi connectivity index (χ4v) is 4.77. The second-order valence-corrected chi connectivity index (χ2v) is 9.09. The van der Waals surface area contributed by atoms with Gasteiger partial charge in [0.15, 0.2) is 0 Å². The second-order valence-electron chi connectivity index (χ2n) is 6.34. The molecule has 0 bridgehead atoms. The van der Waals surface area contributed by atoms with Gasteiger partial charge < -0.3 is 5.32 Å². The van der Waals surface area contributed by atoms with E-state index in [-0.39, 0.29) is 11.7 Å². The molecule has 1 heterocycles. The molecule has 0 fully saturated rings. The van der Waals surface area contributed by atoms with Crippen LogP contribution in [0.5, 0.6) is 0 Å². The fraction of sp³-hybridized carbons (Fsp3) is 0.190. The molecule has 2 N–H and O–H groups in total. The van der Waals surface area contributed by atoms with E-state index in [2.05, 4.69) is 10.0 Å². The van der Waals surface area contributed by atoms with E-state index in [4.69, 9.17) is 0 Å². The van der Waals surface area contributed by atoms with E-state index in [0.29, 0.717) is 22.7 Å². The zero-order chi connectivity index (χ0) is 20.0.